The maximum atomic E-state index is 11.6. The Bertz CT molecular complexity index is 524. The third-order valence-electron chi connectivity index (χ3n) is 3.08. The molecule has 0 atom stereocenters. The highest BCUT2D eigenvalue weighted by Crippen LogP contribution is 2.19. The standard InChI is InChI=1S/C13H20BrNO2S/c1-10-5-6-11(12(14)7-10)8-15-9-13(2,3)18(4,16)17/h5-7,15H,8-9H2,1-4H3. The lowest BCUT2D eigenvalue weighted by Crippen LogP contribution is -2.41. The highest BCUT2D eigenvalue weighted by atomic mass is 79.9. The molecule has 1 N–H and O–H groups in total. The minimum atomic E-state index is -3.05. The predicted molar refractivity (Wildman–Crippen MR) is 79.5 cm³/mol. The smallest absolute Gasteiger partial charge is 0.153 e. The molecule has 1 aromatic carbocycles. The Hall–Kier alpha value is -0.390. The van der Waals surface area contributed by atoms with Crippen molar-refractivity contribution in [3.63, 3.8) is 0 Å². The minimum absolute atomic E-state index is 0.437. The molecule has 0 radical (unpaired) electrons. The third kappa shape index (κ3) is 4.07. The molecule has 0 saturated heterocycles. The van der Waals surface area contributed by atoms with Gasteiger partial charge in [0.15, 0.2) is 9.84 Å². The van der Waals surface area contributed by atoms with Gasteiger partial charge < -0.3 is 5.32 Å². The van der Waals surface area contributed by atoms with Gasteiger partial charge in [0.05, 0.1) is 4.75 Å². The molecule has 18 heavy (non-hydrogen) atoms. The van der Waals surface area contributed by atoms with Gasteiger partial charge in [0.2, 0.25) is 0 Å². The Kier molecular flexibility index (Phi) is 4.98. The highest BCUT2D eigenvalue weighted by Gasteiger charge is 2.29. The van der Waals surface area contributed by atoms with E-state index in [1.807, 2.05) is 19.1 Å². The molecule has 5 heteroatoms. The fourth-order valence-corrected chi connectivity index (χ4v) is 2.42. The molecule has 0 unspecified atom stereocenters. The van der Waals surface area contributed by atoms with Gasteiger partial charge in [0.25, 0.3) is 0 Å². The zero-order valence-corrected chi connectivity index (χ0v) is 13.7. The van der Waals surface area contributed by atoms with Crippen molar-refractivity contribution < 1.29 is 8.42 Å². The molecule has 0 aromatic heterocycles. The van der Waals surface area contributed by atoms with Crippen molar-refractivity contribution in [1.82, 2.24) is 5.32 Å². The molecule has 1 rings (SSSR count). The summed E-state index contributed by atoms with van der Waals surface area (Å²) in [4.78, 5) is 0. The van der Waals surface area contributed by atoms with E-state index in [9.17, 15) is 8.42 Å². The molecule has 0 bridgehead atoms. The van der Waals surface area contributed by atoms with E-state index in [2.05, 4.69) is 27.3 Å². The summed E-state index contributed by atoms with van der Waals surface area (Å²) >= 11 is 3.51. The molecule has 102 valence electrons. The fourth-order valence-electron chi connectivity index (χ4n) is 1.43. The second-order valence-corrected chi connectivity index (χ2v) is 8.73. The molecule has 0 aliphatic carbocycles. The summed E-state index contributed by atoms with van der Waals surface area (Å²) < 4.78 is 23.4. The molecule has 0 aliphatic rings. The van der Waals surface area contributed by atoms with Crippen LogP contribution < -0.4 is 5.32 Å². The average molecular weight is 334 g/mol. The van der Waals surface area contributed by atoms with Crippen LogP contribution in [-0.2, 0) is 16.4 Å². The molecule has 0 aliphatic heterocycles. The third-order valence-corrected chi connectivity index (χ3v) is 5.97. The quantitative estimate of drug-likeness (QED) is 0.901. The molecule has 0 spiro atoms. The van der Waals surface area contributed by atoms with E-state index in [1.54, 1.807) is 13.8 Å². The number of benzene rings is 1. The normalized spacial score (nSPS) is 12.7. The van der Waals surface area contributed by atoms with Crippen LogP contribution in [0.2, 0.25) is 0 Å². The number of hydrogen-bond acceptors (Lipinski definition) is 3. The van der Waals surface area contributed by atoms with Crippen LogP contribution >= 0.6 is 15.9 Å². The van der Waals surface area contributed by atoms with Crippen LogP contribution in [0.25, 0.3) is 0 Å². The first-order valence-corrected chi connectivity index (χ1v) is 8.47. The van der Waals surface area contributed by atoms with Crippen molar-refractivity contribution in [3.8, 4) is 0 Å². The van der Waals surface area contributed by atoms with Crippen LogP contribution in [0.5, 0.6) is 0 Å². The first-order chi connectivity index (χ1) is 8.13. The van der Waals surface area contributed by atoms with Crippen molar-refractivity contribution in [2.24, 2.45) is 0 Å². The SMILES string of the molecule is Cc1ccc(CNCC(C)(C)S(C)(=O)=O)c(Br)c1. The number of hydrogen-bond donors (Lipinski definition) is 1. The van der Waals surface area contributed by atoms with E-state index < -0.39 is 14.6 Å². The van der Waals surface area contributed by atoms with Gasteiger partial charge in [-0.1, -0.05) is 28.1 Å². The van der Waals surface area contributed by atoms with Crippen LogP contribution in [-0.4, -0.2) is 26.0 Å². The second-order valence-electron chi connectivity index (χ2n) is 5.23. The van der Waals surface area contributed by atoms with E-state index in [0.717, 1.165) is 10.0 Å². The van der Waals surface area contributed by atoms with E-state index in [1.165, 1.54) is 11.8 Å². The van der Waals surface area contributed by atoms with Gasteiger partial charge in [-0.05, 0) is 38.0 Å². The predicted octanol–water partition coefficient (Wildman–Crippen LogP) is 2.67. The van der Waals surface area contributed by atoms with Crippen molar-refractivity contribution in [2.75, 3.05) is 12.8 Å². The Balaban J connectivity index is 2.62. The van der Waals surface area contributed by atoms with Gasteiger partial charge in [-0.3, -0.25) is 0 Å². The van der Waals surface area contributed by atoms with E-state index in [-0.39, 0.29) is 0 Å². The Morgan fingerprint density at radius 2 is 1.94 bits per heavy atom. The number of halogens is 1. The highest BCUT2D eigenvalue weighted by molar-refractivity contribution is 9.10. The maximum Gasteiger partial charge on any atom is 0.153 e. The second kappa shape index (κ2) is 5.72. The van der Waals surface area contributed by atoms with E-state index in [4.69, 9.17) is 0 Å². The van der Waals surface area contributed by atoms with Gasteiger partial charge >= 0.3 is 0 Å². The molecular weight excluding hydrogens is 314 g/mol. The maximum absolute atomic E-state index is 11.6. The number of rotatable bonds is 5. The lowest BCUT2D eigenvalue weighted by atomic mass is 10.1. The molecule has 3 nitrogen and oxygen atoms in total. The topological polar surface area (TPSA) is 46.2 Å². The Labute approximate surface area is 118 Å². The molecule has 0 heterocycles. The van der Waals surface area contributed by atoms with Crippen LogP contribution in [0.4, 0.5) is 0 Å². The zero-order chi connectivity index (χ0) is 14.0. The number of sulfone groups is 1. The zero-order valence-electron chi connectivity index (χ0n) is 11.2. The monoisotopic (exact) mass is 333 g/mol. The average Bonchev–Trinajstić information content (AvgIpc) is 2.19. The van der Waals surface area contributed by atoms with Crippen LogP contribution in [0.1, 0.15) is 25.0 Å². The summed E-state index contributed by atoms with van der Waals surface area (Å²) in [5.41, 5.74) is 2.33. The summed E-state index contributed by atoms with van der Waals surface area (Å²) in [6.07, 6.45) is 1.27. The van der Waals surface area contributed by atoms with Crippen molar-refractivity contribution in [2.45, 2.75) is 32.1 Å². The lowest BCUT2D eigenvalue weighted by molar-refractivity contribution is 0.521. The molecule has 0 amide bonds. The van der Waals surface area contributed by atoms with Crippen LogP contribution in [0.3, 0.4) is 0 Å². The van der Waals surface area contributed by atoms with Crippen LogP contribution in [0, 0.1) is 6.92 Å². The summed E-state index contributed by atoms with van der Waals surface area (Å²) in [5, 5.41) is 3.20. The van der Waals surface area contributed by atoms with E-state index in [0.29, 0.717) is 13.1 Å². The lowest BCUT2D eigenvalue weighted by Gasteiger charge is -2.23. The molecule has 0 saturated carbocycles. The van der Waals surface area contributed by atoms with E-state index >= 15 is 0 Å². The minimum Gasteiger partial charge on any atom is -0.311 e. The van der Waals surface area contributed by atoms with Crippen molar-refractivity contribution in [3.05, 3.63) is 33.8 Å². The van der Waals surface area contributed by atoms with Crippen LogP contribution in [0.15, 0.2) is 22.7 Å². The summed E-state index contributed by atoms with van der Waals surface area (Å²) in [6.45, 7) is 6.60. The summed E-state index contributed by atoms with van der Waals surface area (Å²) in [7, 11) is -3.05. The summed E-state index contributed by atoms with van der Waals surface area (Å²) in [6, 6.07) is 6.14. The largest absolute Gasteiger partial charge is 0.311 e. The first-order valence-electron chi connectivity index (χ1n) is 5.79. The van der Waals surface area contributed by atoms with Gasteiger partial charge in [-0.25, -0.2) is 8.42 Å². The Morgan fingerprint density at radius 3 is 2.44 bits per heavy atom. The number of aryl methyl sites for hydroxylation is 1. The number of nitrogens with one attached hydrogen (secondary N) is 1. The first kappa shape index (κ1) is 15.7. The molecule has 1 aromatic rings. The summed E-state index contributed by atoms with van der Waals surface area (Å²) in [5.74, 6) is 0. The Morgan fingerprint density at radius 1 is 1.33 bits per heavy atom. The fraction of sp³-hybridized carbons (Fsp3) is 0.538. The molecule has 0 fully saturated rings. The van der Waals surface area contributed by atoms with Gasteiger partial charge in [0.1, 0.15) is 0 Å². The molecular formula is C13H20BrNO2S. The van der Waals surface area contributed by atoms with Gasteiger partial charge in [0, 0.05) is 23.8 Å². The van der Waals surface area contributed by atoms with Gasteiger partial charge in [-0.15, -0.1) is 0 Å². The van der Waals surface area contributed by atoms with Gasteiger partial charge in [-0.2, -0.15) is 0 Å². The van der Waals surface area contributed by atoms with Crippen molar-refractivity contribution >= 4 is 25.8 Å². The van der Waals surface area contributed by atoms with Crippen molar-refractivity contribution in [1.29, 1.82) is 0 Å².